The largest absolute Gasteiger partial charge is 0.468 e. The number of fused-ring (bicyclic) bond motifs is 3. The summed E-state index contributed by atoms with van der Waals surface area (Å²) in [5.74, 6) is -2.70. The van der Waals surface area contributed by atoms with E-state index in [0.29, 0.717) is 23.4 Å². The Morgan fingerprint density at radius 1 is 1.20 bits per heavy atom. The van der Waals surface area contributed by atoms with Crippen LogP contribution in [0.2, 0.25) is 0 Å². The van der Waals surface area contributed by atoms with Gasteiger partial charge in [-0.3, -0.25) is 14.5 Å². The van der Waals surface area contributed by atoms with E-state index in [4.69, 9.17) is 9.47 Å². The maximum Gasteiger partial charge on any atom is 0.318 e. The van der Waals surface area contributed by atoms with Crippen molar-refractivity contribution in [2.24, 2.45) is 5.92 Å². The normalized spacial score (nSPS) is 24.3. The molecule has 0 saturated carbocycles. The van der Waals surface area contributed by atoms with Crippen LogP contribution in [-0.4, -0.2) is 25.2 Å². The van der Waals surface area contributed by atoms with Crippen molar-refractivity contribution in [3.63, 3.8) is 0 Å². The first-order chi connectivity index (χ1) is 12.1. The zero-order valence-corrected chi connectivity index (χ0v) is 13.5. The van der Waals surface area contributed by atoms with Gasteiger partial charge in [0.05, 0.1) is 12.8 Å². The van der Waals surface area contributed by atoms with Gasteiger partial charge in [-0.15, -0.1) is 0 Å². The molecule has 3 atom stereocenters. The SMILES string of the molecule is COC(=O)[C@H]1C(=O)N2c3ccccc3O[C@H]2C[C@@H]1c1ccccc1F. The van der Waals surface area contributed by atoms with E-state index in [2.05, 4.69) is 0 Å². The van der Waals surface area contributed by atoms with Gasteiger partial charge in [0.1, 0.15) is 17.5 Å². The Hall–Kier alpha value is -2.89. The van der Waals surface area contributed by atoms with Crippen LogP contribution in [0.3, 0.4) is 0 Å². The predicted octanol–water partition coefficient (Wildman–Crippen LogP) is 2.85. The summed E-state index contributed by atoms with van der Waals surface area (Å²) < 4.78 is 25.0. The summed E-state index contributed by atoms with van der Waals surface area (Å²) in [7, 11) is 1.23. The van der Waals surface area contributed by atoms with Crippen molar-refractivity contribution in [2.45, 2.75) is 18.6 Å². The van der Waals surface area contributed by atoms with Crippen LogP contribution >= 0.6 is 0 Å². The van der Waals surface area contributed by atoms with Crippen molar-refractivity contribution in [3.8, 4) is 5.75 Å². The number of anilines is 1. The number of hydrogen-bond acceptors (Lipinski definition) is 4. The third-order valence-corrected chi connectivity index (χ3v) is 4.80. The molecule has 0 spiro atoms. The van der Waals surface area contributed by atoms with Crippen molar-refractivity contribution < 1.29 is 23.5 Å². The Morgan fingerprint density at radius 3 is 2.68 bits per heavy atom. The Labute approximate surface area is 144 Å². The van der Waals surface area contributed by atoms with Crippen LogP contribution in [0.5, 0.6) is 5.75 Å². The smallest absolute Gasteiger partial charge is 0.318 e. The molecule has 0 aromatic heterocycles. The second-order valence-corrected chi connectivity index (χ2v) is 6.11. The van der Waals surface area contributed by atoms with Crippen molar-refractivity contribution >= 4 is 17.6 Å². The summed E-state index contributed by atoms with van der Waals surface area (Å²) in [5.41, 5.74) is 0.948. The average molecular weight is 341 g/mol. The van der Waals surface area contributed by atoms with Gasteiger partial charge < -0.3 is 9.47 Å². The number of esters is 1. The Morgan fingerprint density at radius 2 is 1.92 bits per heavy atom. The van der Waals surface area contributed by atoms with Crippen LogP contribution in [0.15, 0.2) is 48.5 Å². The summed E-state index contributed by atoms with van der Waals surface area (Å²) in [6, 6.07) is 13.3. The number of amides is 1. The zero-order valence-electron chi connectivity index (χ0n) is 13.5. The van der Waals surface area contributed by atoms with E-state index in [0.717, 1.165) is 0 Å². The van der Waals surface area contributed by atoms with Gasteiger partial charge in [-0.2, -0.15) is 0 Å². The lowest BCUT2D eigenvalue weighted by molar-refractivity contribution is -0.152. The molecule has 0 radical (unpaired) electrons. The molecule has 5 nitrogen and oxygen atoms in total. The summed E-state index contributed by atoms with van der Waals surface area (Å²) >= 11 is 0. The van der Waals surface area contributed by atoms with E-state index in [-0.39, 0.29) is 0 Å². The van der Waals surface area contributed by atoms with Crippen LogP contribution in [0.1, 0.15) is 17.9 Å². The second-order valence-electron chi connectivity index (χ2n) is 6.11. The molecule has 1 amide bonds. The lowest BCUT2D eigenvalue weighted by Gasteiger charge is -2.37. The molecule has 0 bridgehead atoms. The predicted molar refractivity (Wildman–Crippen MR) is 87.6 cm³/mol. The van der Waals surface area contributed by atoms with Gasteiger partial charge in [0.25, 0.3) is 0 Å². The number of methoxy groups -OCH3 is 1. The van der Waals surface area contributed by atoms with Gasteiger partial charge in [-0.1, -0.05) is 30.3 Å². The van der Waals surface area contributed by atoms with Gasteiger partial charge >= 0.3 is 5.97 Å². The van der Waals surface area contributed by atoms with Gasteiger partial charge in [0, 0.05) is 12.3 Å². The number of ether oxygens (including phenoxy) is 2. The molecule has 1 fully saturated rings. The minimum absolute atomic E-state index is 0.307. The first-order valence-electron chi connectivity index (χ1n) is 8.03. The average Bonchev–Trinajstić information content (AvgIpc) is 3.00. The molecule has 0 aliphatic carbocycles. The van der Waals surface area contributed by atoms with E-state index in [1.165, 1.54) is 18.1 Å². The fraction of sp³-hybridized carbons (Fsp3) is 0.263. The van der Waals surface area contributed by atoms with Gasteiger partial charge in [-0.25, -0.2) is 4.39 Å². The van der Waals surface area contributed by atoms with E-state index >= 15 is 0 Å². The van der Waals surface area contributed by atoms with E-state index in [1.54, 1.807) is 36.4 Å². The number of carbonyl (C=O) groups excluding carboxylic acids is 2. The second kappa shape index (κ2) is 5.88. The number of carbonyl (C=O) groups is 2. The number of halogens is 1. The molecule has 1 saturated heterocycles. The summed E-state index contributed by atoms with van der Waals surface area (Å²) in [6.07, 6.45) is -0.253. The highest BCUT2D eigenvalue weighted by atomic mass is 19.1. The molecule has 128 valence electrons. The molecule has 2 aromatic rings. The molecule has 6 heteroatoms. The molecular formula is C19H16FNO4. The van der Waals surface area contributed by atoms with Gasteiger partial charge in [-0.05, 0) is 23.8 Å². The van der Waals surface area contributed by atoms with Crippen molar-refractivity contribution in [1.82, 2.24) is 0 Å². The topological polar surface area (TPSA) is 55.8 Å². The molecular weight excluding hydrogens is 325 g/mol. The number of benzene rings is 2. The first-order valence-corrected chi connectivity index (χ1v) is 8.03. The minimum atomic E-state index is -1.10. The molecule has 4 rings (SSSR count). The van der Waals surface area contributed by atoms with Crippen LogP contribution in [0, 0.1) is 11.7 Å². The van der Waals surface area contributed by atoms with Crippen LogP contribution in [-0.2, 0) is 14.3 Å². The molecule has 25 heavy (non-hydrogen) atoms. The van der Waals surface area contributed by atoms with Crippen molar-refractivity contribution in [2.75, 3.05) is 12.0 Å². The Bertz CT molecular complexity index is 853. The molecule has 0 N–H and O–H groups in total. The summed E-state index contributed by atoms with van der Waals surface area (Å²) in [6.45, 7) is 0. The number of rotatable bonds is 2. The number of piperidine rings is 1. The summed E-state index contributed by atoms with van der Waals surface area (Å²) in [4.78, 5) is 26.9. The maximum absolute atomic E-state index is 14.3. The molecule has 0 unspecified atom stereocenters. The Balaban J connectivity index is 1.79. The van der Waals surface area contributed by atoms with E-state index in [9.17, 15) is 14.0 Å². The third-order valence-electron chi connectivity index (χ3n) is 4.80. The van der Waals surface area contributed by atoms with Crippen LogP contribution < -0.4 is 9.64 Å². The Kier molecular flexibility index (Phi) is 3.67. The monoisotopic (exact) mass is 341 g/mol. The minimum Gasteiger partial charge on any atom is -0.468 e. The highest BCUT2D eigenvalue weighted by Gasteiger charge is 2.51. The zero-order chi connectivity index (χ0) is 17.6. The number of hydrogen-bond donors (Lipinski definition) is 0. The standard InChI is InChI=1S/C19H16FNO4/c1-24-19(23)17-12(11-6-2-3-7-13(11)20)10-16-21(18(17)22)14-8-4-5-9-15(14)25-16/h2-9,12,16-17H,10H2,1H3/t12-,16+,17-/m1/s1. The number of nitrogens with zero attached hydrogens (tertiary/aromatic N) is 1. The molecule has 2 aliphatic rings. The van der Waals surface area contributed by atoms with Gasteiger partial charge in [0.2, 0.25) is 5.91 Å². The van der Waals surface area contributed by atoms with Crippen LogP contribution in [0.25, 0.3) is 0 Å². The van der Waals surface area contributed by atoms with Gasteiger partial charge in [0.15, 0.2) is 6.23 Å². The molecule has 2 aliphatic heterocycles. The van der Waals surface area contributed by atoms with Crippen molar-refractivity contribution in [1.29, 1.82) is 0 Å². The molecule has 2 aromatic carbocycles. The summed E-state index contributed by atoms with van der Waals surface area (Å²) in [5, 5.41) is 0. The lowest BCUT2D eigenvalue weighted by atomic mass is 9.79. The fourth-order valence-corrected chi connectivity index (χ4v) is 3.67. The van der Waals surface area contributed by atoms with Crippen LogP contribution in [0.4, 0.5) is 10.1 Å². The highest BCUT2D eigenvalue weighted by molar-refractivity contribution is 6.09. The maximum atomic E-state index is 14.3. The first kappa shape index (κ1) is 15.6. The van der Waals surface area contributed by atoms with E-state index < -0.39 is 35.8 Å². The highest BCUT2D eigenvalue weighted by Crippen LogP contribution is 2.47. The van der Waals surface area contributed by atoms with Crippen molar-refractivity contribution in [3.05, 3.63) is 59.9 Å². The molecule has 2 heterocycles. The lowest BCUT2D eigenvalue weighted by Crippen LogP contribution is -2.53. The quantitative estimate of drug-likeness (QED) is 0.623. The van der Waals surface area contributed by atoms with E-state index in [1.807, 2.05) is 6.07 Å². The third kappa shape index (κ3) is 2.36. The number of para-hydroxylation sites is 2. The fourth-order valence-electron chi connectivity index (χ4n) is 3.67.